The number of carbonyl (C=O) groups is 1. The first kappa shape index (κ1) is 16.6. The van der Waals surface area contributed by atoms with Crippen LogP contribution in [0.15, 0.2) is 42.7 Å². The average Bonchev–Trinajstić information content (AvgIpc) is 3.32. The predicted octanol–water partition coefficient (Wildman–Crippen LogP) is 3.35. The van der Waals surface area contributed by atoms with E-state index in [2.05, 4.69) is 23.1 Å². The number of halogens is 1. The van der Waals surface area contributed by atoms with Gasteiger partial charge in [-0.2, -0.15) is 9.78 Å². The largest absolute Gasteiger partial charge is 0.344 e. The van der Waals surface area contributed by atoms with Crippen molar-refractivity contribution in [2.45, 2.75) is 25.4 Å². The van der Waals surface area contributed by atoms with Gasteiger partial charge >= 0.3 is 6.03 Å². The lowest BCUT2D eigenvalue weighted by atomic mass is 10.0. The van der Waals surface area contributed by atoms with Crippen LogP contribution in [0.3, 0.4) is 0 Å². The van der Waals surface area contributed by atoms with E-state index >= 15 is 0 Å². The number of rotatable bonds is 3. The molecule has 1 saturated heterocycles. The number of hydrogen-bond acceptors (Lipinski definition) is 3. The Kier molecular flexibility index (Phi) is 4.52. The van der Waals surface area contributed by atoms with E-state index in [1.54, 1.807) is 18.5 Å². The number of aromatic nitrogens is 2. The van der Waals surface area contributed by atoms with E-state index in [4.69, 9.17) is 11.6 Å². The third kappa shape index (κ3) is 3.31. The van der Waals surface area contributed by atoms with Gasteiger partial charge in [-0.1, -0.05) is 29.8 Å². The van der Waals surface area contributed by atoms with Crippen molar-refractivity contribution < 1.29 is 4.79 Å². The van der Waals surface area contributed by atoms with E-state index in [1.807, 2.05) is 23.1 Å². The molecule has 2 unspecified atom stereocenters. The third-order valence-electron chi connectivity index (χ3n) is 5.70. The van der Waals surface area contributed by atoms with Gasteiger partial charge < -0.3 is 4.90 Å². The Bertz CT molecular complexity index is 734. The zero-order chi connectivity index (χ0) is 17.4. The normalized spacial score (nSPS) is 25.6. The Hall–Kier alpha value is -1.85. The SMILES string of the molecule is CN(Cc1ccccc1Cl)C1CC2CN(C(=O)n3cccn3)CC2C1. The summed E-state index contributed by atoms with van der Waals surface area (Å²) < 4.78 is 1.43. The van der Waals surface area contributed by atoms with Crippen molar-refractivity contribution >= 4 is 17.6 Å². The lowest BCUT2D eigenvalue weighted by Gasteiger charge is -2.26. The summed E-state index contributed by atoms with van der Waals surface area (Å²) in [6.07, 6.45) is 5.66. The smallest absolute Gasteiger partial charge is 0.322 e. The van der Waals surface area contributed by atoms with Gasteiger partial charge in [-0.15, -0.1) is 0 Å². The number of benzene rings is 1. The summed E-state index contributed by atoms with van der Waals surface area (Å²) in [5.74, 6) is 1.19. The minimum absolute atomic E-state index is 0.000344. The average molecular weight is 359 g/mol. The topological polar surface area (TPSA) is 41.4 Å². The summed E-state index contributed by atoms with van der Waals surface area (Å²) in [4.78, 5) is 16.8. The molecule has 25 heavy (non-hydrogen) atoms. The zero-order valence-corrected chi connectivity index (χ0v) is 15.1. The molecule has 132 valence electrons. The third-order valence-corrected chi connectivity index (χ3v) is 6.07. The minimum atomic E-state index is 0.000344. The van der Waals surface area contributed by atoms with E-state index in [-0.39, 0.29) is 6.03 Å². The fourth-order valence-corrected chi connectivity index (χ4v) is 4.53. The maximum atomic E-state index is 12.4. The van der Waals surface area contributed by atoms with Gasteiger partial charge in [0.2, 0.25) is 0 Å². The summed E-state index contributed by atoms with van der Waals surface area (Å²) in [6, 6.07) is 10.4. The molecule has 2 aromatic rings. The molecule has 4 rings (SSSR count). The molecular formula is C19H23ClN4O. The van der Waals surface area contributed by atoms with Crippen molar-refractivity contribution in [3.63, 3.8) is 0 Å². The van der Waals surface area contributed by atoms with E-state index in [9.17, 15) is 4.79 Å². The molecule has 1 amide bonds. The van der Waals surface area contributed by atoms with E-state index in [1.165, 1.54) is 10.2 Å². The van der Waals surface area contributed by atoms with Crippen LogP contribution in [0.5, 0.6) is 0 Å². The molecule has 2 aliphatic rings. The maximum Gasteiger partial charge on any atom is 0.344 e. The molecule has 2 atom stereocenters. The second-order valence-electron chi connectivity index (χ2n) is 7.29. The zero-order valence-electron chi connectivity index (χ0n) is 14.4. The van der Waals surface area contributed by atoms with Gasteiger partial charge in [0.05, 0.1) is 0 Å². The van der Waals surface area contributed by atoms with E-state index < -0.39 is 0 Å². The van der Waals surface area contributed by atoms with Crippen LogP contribution in [0.2, 0.25) is 5.02 Å². The number of hydrogen-bond donors (Lipinski definition) is 0. The van der Waals surface area contributed by atoms with E-state index in [0.717, 1.165) is 37.5 Å². The standard InChI is InChI=1S/C19H23ClN4O/c1-22(11-14-5-2-3-6-18(14)20)17-9-15-12-23(13-16(15)10-17)19(25)24-8-4-7-21-24/h2-8,15-17H,9-13H2,1H3. The molecule has 1 aliphatic heterocycles. The highest BCUT2D eigenvalue weighted by Gasteiger charge is 2.43. The molecule has 0 radical (unpaired) electrons. The Morgan fingerprint density at radius 2 is 1.96 bits per heavy atom. The van der Waals surface area contributed by atoms with Gasteiger partial charge in [-0.3, -0.25) is 4.90 Å². The lowest BCUT2D eigenvalue weighted by Crippen LogP contribution is -2.36. The quantitative estimate of drug-likeness (QED) is 0.845. The number of nitrogens with zero attached hydrogens (tertiary/aromatic N) is 4. The minimum Gasteiger partial charge on any atom is -0.322 e. The first-order chi connectivity index (χ1) is 12.1. The van der Waals surface area contributed by atoms with Gasteiger partial charge in [0.1, 0.15) is 0 Å². The summed E-state index contributed by atoms with van der Waals surface area (Å²) in [5, 5.41) is 4.89. The van der Waals surface area contributed by atoms with Crippen molar-refractivity contribution in [2.24, 2.45) is 11.8 Å². The Morgan fingerprint density at radius 1 is 1.24 bits per heavy atom. The molecule has 5 nitrogen and oxygen atoms in total. The van der Waals surface area contributed by atoms with Crippen molar-refractivity contribution in [2.75, 3.05) is 20.1 Å². The van der Waals surface area contributed by atoms with Crippen LogP contribution in [-0.4, -0.2) is 51.8 Å². The maximum absolute atomic E-state index is 12.4. The fourth-order valence-electron chi connectivity index (χ4n) is 4.34. The summed E-state index contributed by atoms with van der Waals surface area (Å²) in [5.41, 5.74) is 1.18. The molecule has 1 aromatic heterocycles. The molecule has 0 spiro atoms. The summed E-state index contributed by atoms with van der Waals surface area (Å²) in [7, 11) is 2.18. The van der Waals surface area contributed by atoms with Gasteiger partial charge in [0.25, 0.3) is 0 Å². The predicted molar refractivity (Wildman–Crippen MR) is 97.5 cm³/mol. The van der Waals surface area contributed by atoms with Gasteiger partial charge in [0.15, 0.2) is 0 Å². The monoisotopic (exact) mass is 358 g/mol. The summed E-state index contributed by atoms with van der Waals surface area (Å²) >= 11 is 6.29. The van der Waals surface area contributed by atoms with E-state index in [0.29, 0.717) is 17.9 Å². The molecule has 2 fully saturated rings. The highest BCUT2D eigenvalue weighted by molar-refractivity contribution is 6.31. The molecule has 1 aliphatic carbocycles. The second-order valence-corrected chi connectivity index (χ2v) is 7.70. The van der Waals surface area contributed by atoms with Crippen LogP contribution in [0.25, 0.3) is 0 Å². The van der Waals surface area contributed by atoms with Crippen molar-refractivity contribution in [1.29, 1.82) is 0 Å². The fraction of sp³-hybridized carbons (Fsp3) is 0.474. The number of carbonyl (C=O) groups excluding carboxylic acids is 1. The van der Waals surface area contributed by atoms with Crippen LogP contribution in [0, 0.1) is 11.8 Å². The molecule has 1 aromatic carbocycles. The van der Waals surface area contributed by atoms with Crippen LogP contribution < -0.4 is 0 Å². The second kappa shape index (κ2) is 6.81. The molecular weight excluding hydrogens is 336 g/mol. The molecule has 0 N–H and O–H groups in total. The number of likely N-dealkylation sites (tertiary alicyclic amines) is 1. The Labute approximate surface area is 153 Å². The molecule has 0 bridgehead atoms. The summed E-state index contributed by atoms with van der Waals surface area (Å²) in [6.45, 7) is 2.57. The first-order valence-corrected chi connectivity index (χ1v) is 9.22. The number of amides is 1. The first-order valence-electron chi connectivity index (χ1n) is 8.84. The van der Waals surface area contributed by atoms with Crippen LogP contribution in [0.4, 0.5) is 4.79 Å². The Balaban J connectivity index is 1.35. The van der Waals surface area contributed by atoms with Crippen molar-refractivity contribution in [1.82, 2.24) is 19.6 Å². The van der Waals surface area contributed by atoms with Crippen molar-refractivity contribution in [3.8, 4) is 0 Å². The van der Waals surface area contributed by atoms with Crippen LogP contribution >= 0.6 is 11.6 Å². The Morgan fingerprint density at radius 3 is 2.60 bits per heavy atom. The highest BCUT2D eigenvalue weighted by Crippen LogP contribution is 2.40. The van der Waals surface area contributed by atoms with Crippen LogP contribution in [0.1, 0.15) is 18.4 Å². The van der Waals surface area contributed by atoms with Crippen molar-refractivity contribution in [3.05, 3.63) is 53.3 Å². The van der Waals surface area contributed by atoms with Crippen LogP contribution in [-0.2, 0) is 6.54 Å². The molecule has 2 heterocycles. The number of fused-ring (bicyclic) bond motifs is 1. The van der Waals surface area contributed by atoms with Gasteiger partial charge in [-0.25, -0.2) is 4.79 Å². The van der Waals surface area contributed by atoms with Gasteiger partial charge in [-0.05, 0) is 49.4 Å². The molecule has 6 heteroatoms. The molecule has 1 saturated carbocycles. The highest BCUT2D eigenvalue weighted by atomic mass is 35.5. The van der Waals surface area contributed by atoms with Gasteiger partial charge in [0, 0.05) is 43.1 Å². The lowest BCUT2D eigenvalue weighted by molar-refractivity contribution is 0.192.